The molecule has 6 heteroatoms. The lowest BCUT2D eigenvalue weighted by atomic mass is 10.2. The van der Waals surface area contributed by atoms with Crippen LogP contribution in [0.15, 0.2) is 18.3 Å². The van der Waals surface area contributed by atoms with E-state index in [1.165, 1.54) is 0 Å². The van der Waals surface area contributed by atoms with Crippen molar-refractivity contribution < 1.29 is 14.6 Å². The van der Waals surface area contributed by atoms with Crippen molar-refractivity contribution in [1.29, 1.82) is 0 Å². The van der Waals surface area contributed by atoms with Gasteiger partial charge in [-0.1, -0.05) is 0 Å². The van der Waals surface area contributed by atoms with Crippen LogP contribution in [0, 0.1) is 0 Å². The summed E-state index contributed by atoms with van der Waals surface area (Å²) in [5, 5.41) is 8.62. The number of piperazine rings is 1. The predicted octanol–water partition coefficient (Wildman–Crippen LogP) is 1.47. The standard InChI is InChI=1S/C15H23N3O3/c1-21-13-5-6-16-14(12-13)18-10-8-17(9-11-18)7-3-2-4-15(19)20/h5-6,12H,2-4,7-11H2,1H3,(H,19,20). The Labute approximate surface area is 125 Å². The number of carboxylic acids is 1. The Balaban J connectivity index is 1.73. The minimum atomic E-state index is -0.705. The number of carboxylic acid groups (broad SMARTS) is 1. The molecule has 0 radical (unpaired) electrons. The Morgan fingerprint density at radius 1 is 1.33 bits per heavy atom. The number of nitrogens with zero attached hydrogens (tertiary/aromatic N) is 3. The number of anilines is 1. The summed E-state index contributed by atoms with van der Waals surface area (Å²) in [6.07, 6.45) is 3.75. The molecule has 0 spiro atoms. The summed E-state index contributed by atoms with van der Waals surface area (Å²) in [6.45, 7) is 4.85. The molecule has 0 unspecified atom stereocenters. The van der Waals surface area contributed by atoms with Crippen molar-refractivity contribution in [2.24, 2.45) is 0 Å². The van der Waals surface area contributed by atoms with Crippen LogP contribution in [0.5, 0.6) is 5.75 Å². The molecule has 1 fully saturated rings. The highest BCUT2D eigenvalue weighted by molar-refractivity contribution is 5.66. The van der Waals surface area contributed by atoms with Crippen molar-refractivity contribution in [2.75, 3.05) is 44.7 Å². The topological polar surface area (TPSA) is 65.9 Å². The monoisotopic (exact) mass is 293 g/mol. The third kappa shape index (κ3) is 4.90. The fraction of sp³-hybridized carbons (Fsp3) is 0.600. The molecule has 0 amide bonds. The van der Waals surface area contributed by atoms with E-state index in [0.717, 1.165) is 57.1 Å². The lowest BCUT2D eigenvalue weighted by Gasteiger charge is -2.35. The third-order valence-electron chi connectivity index (χ3n) is 3.76. The Bertz CT molecular complexity index is 459. The molecule has 0 saturated carbocycles. The minimum Gasteiger partial charge on any atom is -0.497 e. The second-order valence-corrected chi connectivity index (χ2v) is 5.23. The Morgan fingerprint density at radius 2 is 2.10 bits per heavy atom. The molecule has 0 aliphatic carbocycles. The van der Waals surface area contributed by atoms with Crippen LogP contribution < -0.4 is 9.64 Å². The smallest absolute Gasteiger partial charge is 0.303 e. The van der Waals surface area contributed by atoms with Gasteiger partial charge in [0, 0.05) is 44.9 Å². The molecule has 1 aromatic rings. The summed E-state index contributed by atoms with van der Waals surface area (Å²) in [7, 11) is 1.66. The van der Waals surface area contributed by atoms with E-state index in [-0.39, 0.29) is 6.42 Å². The largest absolute Gasteiger partial charge is 0.497 e. The van der Waals surface area contributed by atoms with Gasteiger partial charge in [-0.3, -0.25) is 9.69 Å². The molecule has 1 aromatic heterocycles. The number of carbonyl (C=O) groups is 1. The number of methoxy groups -OCH3 is 1. The number of hydrogen-bond donors (Lipinski definition) is 1. The molecule has 6 nitrogen and oxygen atoms in total. The average Bonchev–Trinajstić information content (AvgIpc) is 2.52. The zero-order chi connectivity index (χ0) is 15.1. The highest BCUT2D eigenvalue weighted by Crippen LogP contribution is 2.19. The van der Waals surface area contributed by atoms with Gasteiger partial charge in [0.05, 0.1) is 7.11 Å². The SMILES string of the molecule is COc1ccnc(N2CCN(CCCCC(=O)O)CC2)c1. The molecule has 21 heavy (non-hydrogen) atoms. The molecule has 2 heterocycles. The van der Waals surface area contributed by atoms with Gasteiger partial charge in [0.15, 0.2) is 0 Å². The Kier molecular flexibility index (Phi) is 5.80. The predicted molar refractivity (Wildman–Crippen MR) is 80.9 cm³/mol. The molecule has 1 aliphatic heterocycles. The van der Waals surface area contributed by atoms with Crippen LogP contribution in [0.1, 0.15) is 19.3 Å². The summed E-state index contributed by atoms with van der Waals surface area (Å²) in [4.78, 5) is 19.5. The van der Waals surface area contributed by atoms with E-state index >= 15 is 0 Å². The van der Waals surface area contributed by atoms with Crippen molar-refractivity contribution in [3.8, 4) is 5.75 Å². The van der Waals surface area contributed by atoms with E-state index in [1.807, 2.05) is 12.1 Å². The van der Waals surface area contributed by atoms with Gasteiger partial charge in [0.25, 0.3) is 0 Å². The van der Waals surface area contributed by atoms with Gasteiger partial charge in [0.1, 0.15) is 11.6 Å². The number of aliphatic carboxylic acids is 1. The van der Waals surface area contributed by atoms with E-state index in [2.05, 4.69) is 14.8 Å². The minimum absolute atomic E-state index is 0.272. The van der Waals surface area contributed by atoms with Crippen LogP contribution in [0.25, 0.3) is 0 Å². The van der Waals surface area contributed by atoms with Crippen molar-refractivity contribution in [1.82, 2.24) is 9.88 Å². The Hall–Kier alpha value is -1.82. The maximum absolute atomic E-state index is 10.5. The number of hydrogen-bond acceptors (Lipinski definition) is 5. The van der Waals surface area contributed by atoms with E-state index in [0.29, 0.717) is 0 Å². The fourth-order valence-corrected chi connectivity index (χ4v) is 2.51. The summed E-state index contributed by atoms with van der Waals surface area (Å²) in [5.41, 5.74) is 0. The molecular weight excluding hydrogens is 270 g/mol. The number of unbranched alkanes of at least 4 members (excludes halogenated alkanes) is 1. The first kappa shape index (κ1) is 15.6. The summed E-state index contributed by atoms with van der Waals surface area (Å²) in [5.74, 6) is 1.08. The van der Waals surface area contributed by atoms with Gasteiger partial charge < -0.3 is 14.7 Å². The average molecular weight is 293 g/mol. The molecule has 2 rings (SSSR count). The van der Waals surface area contributed by atoms with Crippen LogP contribution in [-0.4, -0.2) is 60.8 Å². The van der Waals surface area contributed by atoms with Crippen molar-refractivity contribution >= 4 is 11.8 Å². The van der Waals surface area contributed by atoms with E-state index in [9.17, 15) is 4.79 Å². The second-order valence-electron chi connectivity index (χ2n) is 5.23. The number of rotatable bonds is 7. The van der Waals surface area contributed by atoms with Crippen molar-refractivity contribution in [3.63, 3.8) is 0 Å². The van der Waals surface area contributed by atoms with Crippen LogP contribution >= 0.6 is 0 Å². The molecule has 0 atom stereocenters. The van der Waals surface area contributed by atoms with Crippen LogP contribution in [0.3, 0.4) is 0 Å². The van der Waals surface area contributed by atoms with E-state index in [1.54, 1.807) is 13.3 Å². The highest BCUT2D eigenvalue weighted by Gasteiger charge is 2.17. The zero-order valence-electron chi connectivity index (χ0n) is 12.5. The Morgan fingerprint density at radius 3 is 2.76 bits per heavy atom. The first-order chi connectivity index (χ1) is 10.2. The molecule has 1 saturated heterocycles. The van der Waals surface area contributed by atoms with Gasteiger partial charge in [-0.15, -0.1) is 0 Å². The normalized spacial score (nSPS) is 16.0. The molecule has 0 aromatic carbocycles. The van der Waals surface area contributed by atoms with Gasteiger partial charge >= 0.3 is 5.97 Å². The summed E-state index contributed by atoms with van der Waals surface area (Å²) >= 11 is 0. The van der Waals surface area contributed by atoms with E-state index < -0.39 is 5.97 Å². The van der Waals surface area contributed by atoms with Crippen LogP contribution in [0.2, 0.25) is 0 Å². The molecule has 1 N–H and O–H groups in total. The maximum Gasteiger partial charge on any atom is 0.303 e. The fourth-order valence-electron chi connectivity index (χ4n) is 2.51. The lowest BCUT2D eigenvalue weighted by molar-refractivity contribution is -0.137. The highest BCUT2D eigenvalue weighted by atomic mass is 16.5. The quantitative estimate of drug-likeness (QED) is 0.768. The molecule has 116 valence electrons. The van der Waals surface area contributed by atoms with E-state index in [4.69, 9.17) is 9.84 Å². The maximum atomic E-state index is 10.5. The zero-order valence-corrected chi connectivity index (χ0v) is 12.5. The number of aromatic nitrogens is 1. The first-order valence-corrected chi connectivity index (χ1v) is 7.38. The summed E-state index contributed by atoms with van der Waals surface area (Å²) in [6, 6.07) is 3.81. The molecule has 1 aliphatic rings. The summed E-state index contributed by atoms with van der Waals surface area (Å²) < 4.78 is 5.23. The van der Waals surface area contributed by atoms with Gasteiger partial charge in [-0.05, 0) is 25.5 Å². The first-order valence-electron chi connectivity index (χ1n) is 7.38. The van der Waals surface area contributed by atoms with Gasteiger partial charge in [-0.2, -0.15) is 0 Å². The molecular formula is C15H23N3O3. The third-order valence-corrected chi connectivity index (χ3v) is 3.76. The van der Waals surface area contributed by atoms with Crippen molar-refractivity contribution in [2.45, 2.75) is 19.3 Å². The number of ether oxygens (including phenoxy) is 1. The second kappa shape index (κ2) is 7.83. The molecule has 0 bridgehead atoms. The van der Waals surface area contributed by atoms with Gasteiger partial charge in [0.2, 0.25) is 0 Å². The lowest BCUT2D eigenvalue weighted by Crippen LogP contribution is -2.46. The van der Waals surface area contributed by atoms with Crippen LogP contribution in [0.4, 0.5) is 5.82 Å². The van der Waals surface area contributed by atoms with Crippen molar-refractivity contribution in [3.05, 3.63) is 18.3 Å². The van der Waals surface area contributed by atoms with Gasteiger partial charge in [-0.25, -0.2) is 4.98 Å². The van der Waals surface area contributed by atoms with Crippen LogP contribution in [-0.2, 0) is 4.79 Å². The number of pyridine rings is 1.